The lowest BCUT2D eigenvalue weighted by atomic mass is 10.1. The van der Waals surface area contributed by atoms with Crippen LogP contribution in [0.2, 0.25) is 0 Å². The van der Waals surface area contributed by atoms with Crippen LogP contribution in [0, 0.1) is 13.8 Å². The quantitative estimate of drug-likeness (QED) is 0.791. The van der Waals surface area contributed by atoms with Crippen LogP contribution in [0.1, 0.15) is 47.5 Å². The first-order valence-corrected chi connectivity index (χ1v) is 7.57. The summed E-state index contributed by atoms with van der Waals surface area (Å²) < 4.78 is 5.04. The number of esters is 1. The Balaban J connectivity index is 2.98. The molecular weight excluding hydrogens is 276 g/mol. The third-order valence-corrected chi connectivity index (χ3v) is 4.16. The van der Waals surface area contributed by atoms with Crippen LogP contribution >= 0.6 is 11.3 Å². The van der Waals surface area contributed by atoms with Crippen molar-refractivity contribution in [3.8, 4) is 0 Å². The van der Waals surface area contributed by atoms with Crippen LogP contribution in [0.25, 0.3) is 0 Å². The molecule has 1 heterocycles. The molecule has 112 valence electrons. The number of ether oxygens (including phenoxy) is 1. The van der Waals surface area contributed by atoms with Gasteiger partial charge in [0.25, 0.3) is 0 Å². The summed E-state index contributed by atoms with van der Waals surface area (Å²) in [6.07, 6.45) is 1.45. The molecule has 1 aromatic heterocycles. The fourth-order valence-corrected chi connectivity index (χ4v) is 2.86. The highest BCUT2D eigenvalue weighted by Crippen LogP contribution is 2.33. The zero-order chi connectivity index (χ0) is 15.3. The molecule has 0 saturated carbocycles. The Hall–Kier alpha value is -1.40. The van der Waals surface area contributed by atoms with E-state index in [1.54, 1.807) is 6.92 Å². The highest BCUT2D eigenvalue weighted by molar-refractivity contribution is 7.16. The van der Waals surface area contributed by atoms with Gasteiger partial charge in [-0.3, -0.25) is 4.79 Å². The number of rotatable bonds is 6. The van der Waals surface area contributed by atoms with E-state index in [4.69, 9.17) is 10.5 Å². The molecule has 0 radical (unpaired) electrons. The van der Waals surface area contributed by atoms with Crippen molar-refractivity contribution in [1.82, 2.24) is 0 Å². The number of carbonyl (C=O) groups is 2. The van der Waals surface area contributed by atoms with Crippen LogP contribution in [-0.4, -0.2) is 24.5 Å². The van der Waals surface area contributed by atoms with E-state index >= 15 is 0 Å². The normalized spacial score (nSPS) is 12.1. The minimum absolute atomic E-state index is 0.265. The summed E-state index contributed by atoms with van der Waals surface area (Å²) in [7, 11) is 0. The topological polar surface area (TPSA) is 81.4 Å². The van der Waals surface area contributed by atoms with E-state index in [0.29, 0.717) is 23.6 Å². The number of carbonyl (C=O) groups excluding carboxylic acids is 2. The Bertz CT molecular complexity index is 497. The summed E-state index contributed by atoms with van der Waals surface area (Å²) >= 11 is 1.37. The average molecular weight is 298 g/mol. The highest BCUT2D eigenvalue weighted by atomic mass is 32.1. The third kappa shape index (κ3) is 3.80. The molecule has 0 fully saturated rings. The highest BCUT2D eigenvalue weighted by Gasteiger charge is 2.23. The van der Waals surface area contributed by atoms with Gasteiger partial charge in [-0.05, 0) is 32.8 Å². The van der Waals surface area contributed by atoms with Gasteiger partial charge in [0, 0.05) is 4.88 Å². The fourth-order valence-electron chi connectivity index (χ4n) is 1.81. The first-order chi connectivity index (χ1) is 9.42. The minimum Gasteiger partial charge on any atom is -0.462 e. The van der Waals surface area contributed by atoms with Gasteiger partial charge >= 0.3 is 5.97 Å². The molecule has 1 aromatic rings. The second kappa shape index (κ2) is 7.40. The molecule has 6 heteroatoms. The van der Waals surface area contributed by atoms with E-state index in [2.05, 4.69) is 5.32 Å². The molecule has 1 atom stereocenters. The zero-order valence-corrected chi connectivity index (χ0v) is 13.2. The molecule has 1 amide bonds. The maximum atomic E-state index is 12.0. The molecule has 20 heavy (non-hydrogen) atoms. The first kappa shape index (κ1) is 16.7. The smallest absolute Gasteiger partial charge is 0.341 e. The van der Waals surface area contributed by atoms with Gasteiger partial charge in [0.2, 0.25) is 5.91 Å². The van der Waals surface area contributed by atoms with Gasteiger partial charge in [-0.1, -0.05) is 13.3 Å². The van der Waals surface area contributed by atoms with Crippen molar-refractivity contribution in [1.29, 1.82) is 0 Å². The summed E-state index contributed by atoms with van der Waals surface area (Å²) in [6, 6.07) is -0.558. The Morgan fingerprint density at radius 2 is 2.00 bits per heavy atom. The molecule has 0 bridgehead atoms. The molecule has 0 unspecified atom stereocenters. The molecule has 0 saturated heterocycles. The van der Waals surface area contributed by atoms with Crippen molar-refractivity contribution < 1.29 is 14.3 Å². The molecule has 0 aliphatic rings. The average Bonchev–Trinajstić information content (AvgIpc) is 2.65. The van der Waals surface area contributed by atoms with Gasteiger partial charge in [-0.25, -0.2) is 4.79 Å². The lowest BCUT2D eigenvalue weighted by Gasteiger charge is -2.11. The van der Waals surface area contributed by atoms with Gasteiger partial charge in [0.1, 0.15) is 5.00 Å². The van der Waals surface area contributed by atoms with E-state index in [1.165, 1.54) is 11.3 Å². The zero-order valence-electron chi connectivity index (χ0n) is 12.4. The lowest BCUT2D eigenvalue weighted by Crippen LogP contribution is -2.35. The van der Waals surface area contributed by atoms with Crippen molar-refractivity contribution in [3.05, 3.63) is 16.0 Å². The van der Waals surface area contributed by atoms with E-state index in [-0.39, 0.29) is 5.91 Å². The van der Waals surface area contributed by atoms with Gasteiger partial charge in [-0.2, -0.15) is 0 Å². The van der Waals surface area contributed by atoms with E-state index in [1.807, 2.05) is 20.8 Å². The molecule has 0 spiro atoms. The first-order valence-electron chi connectivity index (χ1n) is 6.75. The second-order valence-corrected chi connectivity index (χ2v) is 5.82. The van der Waals surface area contributed by atoms with Crippen molar-refractivity contribution in [2.75, 3.05) is 11.9 Å². The molecule has 0 aliphatic carbocycles. The van der Waals surface area contributed by atoms with Gasteiger partial charge in [-0.15, -0.1) is 11.3 Å². The molecule has 0 aromatic carbocycles. The van der Waals surface area contributed by atoms with Crippen LogP contribution in [0.4, 0.5) is 5.00 Å². The Kier molecular flexibility index (Phi) is 6.16. The van der Waals surface area contributed by atoms with Gasteiger partial charge in [0.15, 0.2) is 0 Å². The Morgan fingerprint density at radius 3 is 2.55 bits per heavy atom. The summed E-state index contributed by atoms with van der Waals surface area (Å²) in [5.41, 5.74) is 7.06. The number of nitrogens with two attached hydrogens (primary N) is 1. The van der Waals surface area contributed by atoms with Crippen LogP contribution in [-0.2, 0) is 9.53 Å². The van der Waals surface area contributed by atoms with Crippen LogP contribution in [0.5, 0.6) is 0 Å². The molecule has 3 N–H and O–H groups in total. The number of aryl methyl sites for hydroxylation is 1. The number of amides is 1. The molecular formula is C14H22N2O3S. The standard InChI is InChI=1S/C14H22N2O3S/c1-5-7-10(15)12(17)16-13-11(14(18)19-6-2)8(3)9(4)20-13/h10H,5-7,15H2,1-4H3,(H,16,17)/t10-/m0/s1. The van der Waals surface area contributed by atoms with Crippen LogP contribution in [0.3, 0.4) is 0 Å². The third-order valence-electron chi connectivity index (χ3n) is 3.04. The number of hydrogen-bond acceptors (Lipinski definition) is 5. The lowest BCUT2D eigenvalue weighted by molar-refractivity contribution is -0.117. The van der Waals surface area contributed by atoms with Crippen molar-refractivity contribution >= 4 is 28.2 Å². The van der Waals surface area contributed by atoms with Gasteiger partial charge < -0.3 is 15.8 Å². The molecule has 5 nitrogen and oxygen atoms in total. The Morgan fingerprint density at radius 1 is 1.35 bits per heavy atom. The van der Waals surface area contributed by atoms with E-state index in [0.717, 1.165) is 16.9 Å². The van der Waals surface area contributed by atoms with Crippen LogP contribution in [0.15, 0.2) is 0 Å². The SMILES string of the molecule is CCC[C@H](N)C(=O)Nc1sc(C)c(C)c1C(=O)OCC. The van der Waals surface area contributed by atoms with Crippen molar-refractivity contribution in [2.45, 2.75) is 46.6 Å². The number of anilines is 1. The maximum Gasteiger partial charge on any atom is 0.341 e. The monoisotopic (exact) mass is 298 g/mol. The van der Waals surface area contributed by atoms with Crippen molar-refractivity contribution in [2.24, 2.45) is 5.73 Å². The number of thiophene rings is 1. The fraction of sp³-hybridized carbons (Fsp3) is 0.571. The summed E-state index contributed by atoms with van der Waals surface area (Å²) in [5.74, 6) is -0.674. The minimum atomic E-state index is -0.558. The van der Waals surface area contributed by atoms with Gasteiger partial charge in [0.05, 0.1) is 18.2 Å². The van der Waals surface area contributed by atoms with E-state index in [9.17, 15) is 9.59 Å². The van der Waals surface area contributed by atoms with E-state index < -0.39 is 12.0 Å². The maximum absolute atomic E-state index is 12.0. The molecule has 1 rings (SSSR count). The van der Waals surface area contributed by atoms with Crippen LogP contribution < -0.4 is 11.1 Å². The predicted molar refractivity (Wildman–Crippen MR) is 81.3 cm³/mol. The summed E-state index contributed by atoms with van der Waals surface area (Å²) in [4.78, 5) is 24.9. The predicted octanol–water partition coefficient (Wildman–Crippen LogP) is 2.61. The summed E-state index contributed by atoms with van der Waals surface area (Å²) in [6.45, 7) is 7.78. The summed E-state index contributed by atoms with van der Waals surface area (Å²) in [5, 5.41) is 3.27. The number of nitrogens with one attached hydrogen (secondary N) is 1. The second-order valence-electron chi connectivity index (χ2n) is 4.59. The van der Waals surface area contributed by atoms with Crippen molar-refractivity contribution in [3.63, 3.8) is 0 Å². The number of hydrogen-bond donors (Lipinski definition) is 2. The Labute approximate surface area is 123 Å². The largest absolute Gasteiger partial charge is 0.462 e. The molecule has 0 aliphatic heterocycles.